The Morgan fingerprint density at radius 2 is 1.95 bits per heavy atom. The summed E-state index contributed by atoms with van der Waals surface area (Å²) in [6.45, 7) is 4.33. The summed E-state index contributed by atoms with van der Waals surface area (Å²) in [5.41, 5.74) is 7.67. The van der Waals surface area contributed by atoms with Crippen molar-refractivity contribution < 1.29 is 9.18 Å². The van der Waals surface area contributed by atoms with E-state index in [1.807, 2.05) is 48.0 Å². The number of amides is 1. The lowest BCUT2D eigenvalue weighted by atomic mass is 10.0. The van der Waals surface area contributed by atoms with E-state index >= 15 is 0 Å². The number of pyridine rings is 1. The zero-order valence-corrected chi connectivity index (χ0v) is 23.9. The zero-order valence-electron chi connectivity index (χ0n) is 23.9. The van der Waals surface area contributed by atoms with E-state index in [4.69, 9.17) is 0 Å². The molecule has 218 valence electrons. The lowest BCUT2D eigenvalue weighted by Crippen LogP contribution is -2.38. The third-order valence-electron chi connectivity index (χ3n) is 7.62. The van der Waals surface area contributed by atoms with E-state index in [2.05, 4.69) is 36.4 Å². The monoisotopic (exact) mass is 579 g/mol. The van der Waals surface area contributed by atoms with Gasteiger partial charge < -0.3 is 15.2 Å². The second-order valence-corrected chi connectivity index (χ2v) is 10.5. The summed E-state index contributed by atoms with van der Waals surface area (Å²) in [4.78, 5) is 35.5. The molecule has 2 aromatic carbocycles. The summed E-state index contributed by atoms with van der Waals surface area (Å²) in [6.07, 6.45) is 6.73. The Kier molecular flexibility index (Phi) is 7.51. The highest BCUT2D eigenvalue weighted by molar-refractivity contribution is 5.94. The van der Waals surface area contributed by atoms with Crippen molar-refractivity contribution in [2.75, 3.05) is 18.9 Å². The van der Waals surface area contributed by atoms with Crippen molar-refractivity contribution in [2.24, 2.45) is 10.3 Å². The number of nitrogens with zero attached hydrogens (tertiary/aromatic N) is 6. The lowest BCUT2D eigenvalue weighted by Gasteiger charge is -2.17. The van der Waals surface area contributed by atoms with Gasteiger partial charge in [0.15, 0.2) is 0 Å². The fourth-order valence-corrected chi connectivity index (χ4v) is 5.10. The van der Waals surface area contributed by atoms with Gasteiger partial charge in [-0.1, -0.05) is 29.5 Å². The normalized spacial score (nSPS) is 15.0. The van der Waals surface area contributed by atoms with Gasteiger partial charge in [-0.25, -0.2) is 9.37 Å². The summed E-state index contributed by atoms with van der Waals surface area (Å²) in [7, 11) is 1.67. The van der Waals surface area contributed by atoms with Crippen molar-refractivity contribution in [1.29, 1.82) is 0 Å². The first-order valence-corrected chi connectivity index (χ1v) is 13.8. The van der Waals surface area contributed by atoms with Crippen LogP contribution in [0.4, 0.5) is 10.1 Å². The number of nitrogens with one attached hydrogen (secondary N) is 3. The molecule has 0 saturated carbocycles. The fourth-order valence-electron chi connectivity index (χ4n) is 5.10. The molecule has 11 nitrogen and oxygen atoms in total. The SMILES string of the molecule is CN[C@@H](C)C(=O)Nc1cnc(-c2ccc(C3CN=NN3)cc2)n(Cc2cncc(-n3cc(C)c4cc(F)ccc43)c2)c1=O. The van der Waals surface area contributed by atoms with Crippen LogP contribution in [-0.4, -0.2) is 44.6 Å². The molecule has 1 aliphatic rings. The number of carbonyl (C=O) groups excluding carboxylic acids is 1. The smallest absolute Gasteiger partial charge is 0.277 e. The van der Waals surface area contributed by atoms with Crippen molar-refractivity contribution in [3.8, 4) is 17.1 Å². The second kappa shape index (κ2) is 11.6. The Labute approximate surface area is 246 Å². The third kappa shape index (κ3) is 5.52. The van der Waals surface area contributed by atoms with Crippen LogP contribution >= 0.6 is 0 Å². The number of rotatable bonds is 8. The first-order valence-electron chi connectivity index (χ1n) is 13.8. The van der Waals surface area contributed by atoms with Crippen molar-refractivity contribution in [3.05, 3.63) is 106 Å². The molecule has 4 heterocycles. The molecular formula is C31H30FN9O2. The molecule has 6 rings (SSSR count). The third-order valence-corrected chi connectivity index (χ3v) is 7.62. The summed E-state index contributed by atoms with van der Waals surface area (Å²) < 4.78 is 17.4. The Morgan fingerprint density at radius 1 is 1.14 bits per heavy atom. The maximum absolute atomic E-state index is 13.9. The van der Waals surface area contributed by atoms with E-state index in [9.17, 15) is 14.0 Å². The molecule has 0 spiro atoms. The minimum atomic E-state index is -0.503. The van der Waals surface area contributed by atoms with Crippen LogP contribution in [0.5, 0.6) is 0 Å². The zero-order chi connectivity index (χ0) is 30.1. The Hall–Kier alpha value is -5.23. The standard InChI is InChI=1S/C31H30FN9O2/c1-18-16-40(28-9-8-23(32)11-25(18)28)24-10-20(12-34-13-24)17-41-29(22-6-4-21(5-7-22)26-15-36-39-38-26)35-14-27(31(41)43)37-30(42)19(2)33-3/h4-14,16,19,26,33H,15,17H2,1-3H3,(H,36,38)(H,37,42)/t19-,26?/m0/s1. The molecule has 1 amide bonds. The lowest BCUT2D eigenvalue weighted by molar-refractivity contribution is -0.117. The van der Waals surface area contributed by atoms with Crippen molar-refractivity contribution in [1.82, 2.24) is 29.8 Å². The van der Waals surface area contributed by atoms with Gasteiger partial charge in [-0.15, -0.1) is 0 Å². The summed E-state index contributed by atoms with van der Waals surface area (Å²) >= 11 is 0. The number of carbonyl (C=O) groups is 1. The van der Waals surface area contributed by atoms with Gasteiger partial charge in [0.25, 0.3) is 5.56 Å². The van der Waals surface area contributed by atoms with Gasteiger partial charge in [0.1, 0.15) is 17.3 Å². The van der Waals surface area contributed by atoms with Crippen LogP contribution in [0.15, 0.2) is 88.5 Å². The van der Waals surface area contributed by atoms with E-state index in [-0.39, 0.29) is 30.0 Å². The van der Waals surface area contributed by atoms with Crippen molar-refractivity contribution in [2.45, 2.75) is 32.5 Å². The number of anilines is 1. The number of aryl methyl sites for hydroxylation is 1. The highest BCUT2D eigenvalue weighted by Gasteiger charge is 2.19. The molecule has 0 saturated heterocycles. The molecule has 1 aliphatic heterocycles. The summed E-state index contributed by atoms with van der Waals surface area (Å²) in [6, 6.07) is 13.8. The van der Waals surface area contributed by atoms with E-state index < -0.39 is 11.6 Å². The van der Waals surface area contributed by atoms with E-state index in [0.29, 0.717) is 12.4 Å². The van der Waals surface area contributed by atoms with E-state index in [1.54, 1.807) is 32.4 Å². The van der Waals surface area contributed by atoms with Gasteiger partial charge in [0, 0.05) is 23.3 Å². The van der Waals surface area contributed by atoms with Crippen LogP contribution in [-0.2, 0) is 11.3 Å². The fraction of sp³-hybridized carbons (Fsp3) is 0.226. The van der Waals surface area contributed by atoms with Crippen LogP contribution in [0.1, 0.15) is 29.7 Å². The number of likely N-dealkylation sites (N-methyl/N-ethyl adjacent to an activating group) is 1. The highest BCUT2D eigenvalue weighted by atomic mass is 19.1. The molecule has 0 fully saturated rings. The Bertz CT molecular complexity index is 1910. The second-order valence-electron chi connectivity index (χ2n) is 10.5. The Morgan fingerprint density at radius 3 is 2.70 bits per heavy atom. The topological polar surface area (TPSA) is 131 Å². The molecule has 2 atom stereocenters. The minimum absolute atomic E-state index is 0.00494. The predicted octanol–water partition coefficient (Wildman–Crippen LogP) is 4.30. The van der Waals surface area contributed by atoms with Crippen LogP contribution < -0.4 is 21.6 Å². The molecule has 5 aromatic rings. The first kappa shape index (κ1) is 27.9. The molecule has 12 heteroatoms. The molecular weight excluding hydrogens is 549 g/mol. The van der Waals surface area contributed by atoms with Gasteiger partial charge in [-0.2, -0.15) is 5.11 Å². The first-order chi connectivity index (χ1) is 20.8. The largest absolute Gasteiger partial charge is 0.319 e. The maximum atomic E-state index is 13.9. The minimum Gasteiger partial charge on any atom is -0.319 e. The van der Waals surface area contributed by atoms with Crippen LogP contribution in [0, 0.1) is 12.7 Å². The number of hydrogen-bond donors (Lipinski definition) is 3. The van der Waals surface area contributed by atoms with Gasteiger partial charge in [0.05, 0.1) is 48.8 Å². The van der Waals surface area contributed by atoms with Crippen LogP contribution in [0.3, 0.4) is 0 Å². The highest BCUT2D eigenvalue weighted by Crippen LogP contribution is 2.26. The number of fused-ring (bicyclic) bond motifs is 1. The van der Waals surface area contributed by atoms with Gasteiger partial charge in [-0.05, 0) is 61.9 Å². The molecule has 0 bridgehead atoms. The quantitative estimate of drug-likeness (QED) is 0.251. The van der Waals surface area contributed by atoms with Gasteiger partial charge in [-0.3, -0.25) is 24.6 Å². The summed E-state index contributed by atoms with van der Waals surface area (Å²) in [5.74, 6) is -0.207. The van der Waals surface area contributed by atoms with Crippen molar-refractivity contribution >= 4 is 22.5 Å². The number of aromatic nitrogens is 4. The van der Waals surface area contributed by atoms with E-state index in [1.165, 1.54) is 22.9 Å². The molecule has 3 aromatic heterocycles. The van der Waals surface area contributed by atoms with E-state index in [0.717, 1.165) is 38.8 Å². The number of halogens is 1. The number of hydrogen-bond acceptors (Lipinski definition) is 8. The van der Waals surface area contributed by atoms with Crippen molar-refractivity contribution in [3.63, 3.8) is 0 Å². The Balaban J connectivity index is 1.40. The predicted molar refractivity (Wildman–Crippen MR) is 162 cm³/mol. The van der Waals surface area contributed by atoms with Crippen LogP contribution in [0.2, 0.25) is 0 Å². The van der Waals surface area contributed by atoms with Gasteiger partial charge >= 0.3 is 0 Å². The average molecular weight is 580 g/mol. The summed E-state index contributed by atoms with van der Waals surface area (Å²) in [5, 5.41) is 14.2. The molecule has 43 heavy (non-hydrogen) atoms. The van der Waals surface area contributed by atoms with Gasteiger partial charge in [0.2, 0.25) is 5.91 Å². The maximum Gasteiger partial charge on any atom is 0.277 e. The number of benzene rings is 2. The molecule has 0 aliphatic carbocycles. The average Bonchev–Trinajstić information content (AvgIpc) is 3.67. The van der Waals surface area contributed by atoms with Crippen LogP contribution in [0.25, 0.3) is 28.0 Å². The molecule has 1 unspecified atom stereocenters. The molecule has 0 radical (unpaired) electrons. The molecule has 3 N–H and O–H groups in total.